The summed E-state index contributed by atoms with van der Waals surface area (Å²) < 4.78 is 18.2. The Morgan fingerprint density at radius 2 is 2.05 bits per heavy atom. The highest BCUT2D eigenvalue weighted by Gasteiger charge is 2.12. The van der Waals surface area contributed by atoms with Gasteiger partial charge in [0.1, 0.15) is 5.82 Å². The first-order valence-electron chi connectivity index (χ1n) is 5.88. The van der Waals surface area contributed by atoms with Crippen LogP contribution in [0.1, 0.15) is 29.8 Å². The second-order valence-electron chi connectivity index (χ2n) is 3.95. The van der Waals surface area contributed by atoms with Crippen molar-refractivity contribution in [2.45, 2.75) is 13.8 Å². The molecule has 2 N–H and O–H groups in total. The molecule has 0 saturated heterocycles. The molecule has 0 fully saturated rings. The van der Waals surface area contributed by atoms with Gasteiger partial charge in [0.05, 0.1) is 12.7 Å². The van der Waals surface area contributed by atoms with E-state index in [1.165, 1.54) is 19.4 Å². The van der Waals surface area contributed by atoms with Crippen molar-refractivity contribution in [1.29, 1.82) is 5.41 Å². The Bertz CT molecular complexity index is 524. The molecule has 102 valence electrons. The number of carbonyl (C=O) groups excluding carboxylic acids is 1. The van der Waals surface area contributed by atoms with Crippen molar-refractivity contribution in [2.24, 2.45) is 0 Å². The lowest BCUT2D eigenvalue weighted by molar-refractivity contribution is 0.0600. The van der Waals surface area contributed by atoms with E-state index >= 15 is 0 Å². The van der Waals surface area contributed by atoms with E-state index in [4.69, 9.17) is 5.41 Å². The van der Waals surface area contributed by atoms with Crippen LogP contribution in [0.4, 0.5) is 4.39 Å². The Hall–Kier alpha value is -2.17. The molecule has 0 radical (unpaired) electrons. The molecular weight excluding hydrogens is 247 g/mol. The van der Waals surface area contributed by atoms with Crippen LogP contribution in [0.5, 0.6) is 0 Å². The van der Waals surface area contributed by atoms with Gasteiger partial charge in [-0.3, -0.25) is 0 Å². The van der Waals surface area contributed by atoms with Crippen LogP contribution in [-0.2, 0) is 4.74 Å². The summed E-state index contributed by atoms with van der Waals surface area (Å²) in [6.07, 6.45) is 1.18. The fourth-order valence-corrected chi connectivity index (χ4v) is 1.69. The number of halogens is 1. The number of allylic oxidation sites excluding steroid dienone is 1. The van der Waals surface area contributed by atoms with Gasteiger partial charge in [-0.25, -0.2) is 9.18 Å². The second-order valence-corrected chi connectivity index (χ2v) is 3.95. The van der Waals surface area contributed by atoms with Crippen LogP contribution < -0.4 is 5.32 Å². The number of esters is 1. The van der Waals surface area contributed by atoms with Gasteiger partial charge in [-0.1, -0.05) is 0 Å². The SMILES string of the molecule is CCN/C(=C(/C)C=N)c1cc(F)cc(C(=O)OC)c1. The summed E-state index contributed by atoms with van der Waals surface area (Å²) in [6, 6.07) is 3.98. The molecule has 19 heavy (non-hydrogen) atoms. The maximum atomic E-state index is 13.6. The molecule has 0 spiro atoms. The van der Waals surface area contributed by atoms with Gasteiger partial charge in [0.15, 0.2) is 0 Å². The maximum Gasteiger partial charge on any atom is 0.337 e. The average Bonchev–Trinajstić information content (AvgIpc) is 2.42. The third-order valence-corrected chi connectivity index (χ3v) is 2.57. The Kier molecular flexibility index (Phi) is 5.23. The molecule has 0 amide bonds. The van der Waals surface area contributed by atoms with Crippen LogP contribution in [0.25, 0.3) is 5.70 Å². The van der Waals surface area contributed by atoms with E-state index in [1.54, 1.807) is 13.0 Å². The predicted molar refractivity (Wildman–Crippen MR) is 72.8 cm³/mol. The smallest absolute Gasteiger partial charge is 0.337 e. The minimum atomic E-state index is -0.593. The normalized spacial score (nSPS) is 11.6. The monoisotopic (exact) mass is 264 g/mol. The highest BCUT2D eigenvalue weighted by Crippen LogP contribution is 2.19. The second kappa shape index (κ2) is 6.68. The number of nitrogens with one attached hydrogen (secondary N) is 2. The molecule has 0 bridgehead atoms. The van der Waals surface area contributed by atoms with Crippen molar-refractivity contribution >= 4 is 17.9 Å². The van der Waals surface area contributed by atoms with Crippen LogP contribution in [0.2, 0.25) is 0 Å². The number of benzene rings is 1. The number of methoxy groups -OCH3 is 1. The molecule has 0 saturated carbocycles. The van der Waals surface area contributed by atoms with Crippen molar-refractivity contribution < 1.29 is 13.9 Å². The molecule has 1 aromatic carbocycles. The van der Waals surface area contributed by atoms with E-state index in [2.05, 4.69) is 10.1 Å². The minimum Gasteiger partial charge on any atom is -0.465 e. The van der Waals surface area contributed by atoms with E-state index in [1.807, 2.05) is 6.92 Å². The molecule has 0 unspecified atom stereocenters. The molecule has 0 aliphatic carbocycles. The van der Waals surface area contributed by atoms with Crippen molar-refractivity contribution in [1.82, 2.24) is 5.32 Å². The fourth-order valence-electron chi connectivity index (χ4n) is 1.69. The van der Waals surface area contributed by atoms with Gasteiger partial charge in [-0.2, -0.15) is 0 Å². The summed E-state index contributed by atoms with van der Waals surface area (Å²) >= 11 is 0. The first-order valence-corrected chi connectivity index (χ1v) is 5.88. The van der Waals surface area contributed by atoms with Crippen LogP contribution >= 0.6 is 0 Å². The Morgan fingerprint density at radius 1 is 1.42 bits per heavy atom. The summed E-state index contributed by atoms with van der Waals surface area (Å²) in [5.74, 6) is -1.12. The summed E-state index contributed by atoms with van der Waals surface area (Å²) in [5.41, 5.74) is 1.94. The summed E-state index contributed by atoms with van der Waals surface area (Å²) in [6.45, 7) is 4.27. The van der Waals surface area contributed by atoms with E-state index < -0.39 is 11.8 Å². The van der Waals surface area contributed by atoms with E-state index in [9.17, 15) is 9.18 Å². The highest BCUT2D eigenvalue weighted by atomic mass is 19.1. The van der Waals surface area contributed by atoms with Gasteiger partial charge < -0.3 is 15.5 Å². The van der Waals surface area contributed by atoms with Crippen molar-refractivity contribution in [3.8, 4) is 0 Å². The van der Waals surface area contributed by atoms with E-state index in [0.29, 0.717) is 23.4 Å². The molecule has 5 heteroatoms. The molecule has 4 nitrogen and oxygen atoms in total. The van der Waals surface area contributed by atoms with Crippen LogP contribution in [0.3, 0.4) is 0 Å². The number of hydrogen-bond acceptors (Lipinski definition) is 4. The first-order chi connectivity index (χ1) is 9.03. The standard InChI is InChI=1S/C14H17FN2O2/c1-4-17-13(9(2)8-16)10-5-11(14(18)19-3)7-12(15)6-10/h5-8,16-17H,4H2,1-3H3/b13-9-,16-8?. The van der Waals surface area contributed by atoms with Crippen LogP contribution in [0, 0.1) is 11.2 Å². The number of carbonyl (C=O) groups is 1. The zero-order valence-corrected chi connectivity index (χ0v) is 11.2. The number of rotatable bonds is 5. The zero-order chi connectivity index (χ0) is 14.4. The lowest BCUT2D eigenvalue weighted by atomic mass is 10.0. The molecule has 0 aromatic heterocycles. The maximum absolute atomic E-state index is 13.6. The predicted octanol–water partition coefficient (Wildman–Crippen LogP) is 2.60. The quantitative estimate of drug-likeness (QED) is 0.634. The topological polar surface area (TPSA) is 62.2 Å². The number of hydrogen-bond donors (Lipinski definition) is 2. The Balaban J connectivity index is 3.36. The molecular formula is C14H17FN2O2. The van der Waals surface area contributed by atoms with E-state index in [0.717, 1.165) is 6.07 Å². The highest BCUT2D eigenvalue weighted by molar-refractivity contribution is 5.92. The lowest BCUT2D eigenvalue weighted by Gasteiger charge is -2.13. The molecule has 0 atom stereocenters. The third-order valence-electron chi connectivity index (χ3n) is 2.57. The lowest BCUT2D eigenvalue weighted by Crippen LogP contribution is -2.14. The minimum absolute atomic E-state index is 0.144. The van der Waals surface area contributed by atoms with Gasteiger partial charge in [0.25, 0.3) is 0 Å². The van der Waals surface area contributed by atoms with Crippen molar-refractivity contribution in [2.75, 3.05) is 13.7 Å². The van der Waals surface area contributed by atoms with Crippen molar-refractivity contribution in [3.05, 3.63) is 40.7 Å². The molecule has 1 aromatic rings. The molecule has 0 aliphatic heterocycles. The fraction of sp³-hybridized carbons (Fsp3) is 0.286. The van der Waals surface area contributed by atoms with Gasteiger partial charge >= 0.3 is 5.97 Å². The molecule has 0 aliphatic rings. The third kappa shape index (κ3) is 3.64. The molecule has 0 heterocycles. The first kappa shape index (κ1) is 14.9. The van der Waals surface area contributed by atoms with Gasteiger partial charge in [0, 0.05) is 24.0 Å². The van der Waals surface area contributed by atoms with Crippen LogP contribution in [0.15, 0.2) is 23.8 Å². The van der Waals surface area contributed by atoms with E-state index in [-0.39, 0.29) is 5.56 Å². The summed E-state index contributed by atoms with van der Waals surface area (Å²) in [5, 5.41) is 10.4. The Morgan fingerprint density at radius 3 is 2.58 bits per heavy atom. The molecule has 1 rings (SSSR count). The van der Waals surface area contributed by atoms with Gasteiger partial charge in [-0.05, 0) is 37.6 Å². The Labute approximate surface area is 111 Å². The van der Waals surface area contributed by atoms with Crippen molar-refractivity contribution in [3.63, 3.8) is 0 Å². The van der Waals surface area contributed by atoms with Gasteiger partial charge in [0.2, 0.25) is 0 Å². The number of ether oxygens (including phenoxy) is 1. The summed E-state index contributed by atoms with van der Waals surface area (Å²) in [4.78, 5) is 11.5. The average molecular weight is 264 g/mol. The van der Waals surface area contributed by atoms with Crippen LogP contribution in [-0.4, -0.2) is 25.8 Å². The summed E-state index contributed by atoms with van der Waals surface area (Å²) in [7, 11) is 1.25. The largest absolute Gasteiger partial charge is 0.465 e. The van der Waals surface area contributed by atoms with Gasteiger partial charge in [-0.15, -0.1) is 0 Å². The zero-order valence-electron chi connectivity index (χ0n) is 11.2.